The molecule has 0 saturated carbocycles. The molecule has 0 saturated heterocycles. The van der Waals surface area contributed by atoms with Gasteiger partial charge in [0, 0.05) is 22.2 Å². The molecule has 1 aliphatic carbocycles. The van der Waals surface area contributed by atoms with Crippen LogP contribution < -0.4 is 4.74 Å². The van der Waals surface area contributed by atoms with Gasteiger partial charge in [-0.1, -0.05) is 35.9 Å². The molecule has 0 bridgehead atoms. The highest BCUT2D eigenvalue weighted by atomic mass is 35.5. The van der Waals surface area contributed by atoms with Crippen LogP contribution in [0.3, 0.4) is 0 Å². The molecule has 2 aromatic carbocycles. The Morgan fingerprint density at radius 1 is 1.15 bits per heavy atom. The van der Waals surface area contributed by atoms with Crippen LogP contribution in [0.25, 0.3) is 16.7 Å². The summed E-state index contributed by atoms with van der Waals surface area (Å²) in [7, 11) is 1.59. The Morgan fingerprint density at radius 2 is 1.80 bits per heavy atom. The van der Waals surface area contributed by atoms with Crippen molar-refractivity contribution in [1.29, 1.82) is 0 Å². The van der Waals surface area contributed by atoms with Crippen molar-refractivity contribution in [3.63, 3.8) is 0 Å². The van der Waals surface area contributed by atoms with Gasteiger partial charge in [-0.3, -0.25) is 0 Å². The predicted molar refractivity (Wildman–Crippen MR) is 78.2 cm³/mol. The normalized spacial score (nSPS) is 14.0. The largest absolute Gasteiger partial charge is 0.496 e. The summed E-state index contributed by atoms with van der Waals surface area (Å²) in [5.74, 6) is -0.299. The van der Waals surface area contributed by atoms with E-state index in [1.165, 1.54) is 6.08 Å². The van der Waals surface area contributed by atoms with Crippen LogP contribution in [0.15, 0.2) is 42.5 Å². The molecule has 0 fully saturated rings. The number of benzene rings is 2. The molecule has 3 rings (SSSR count). The number of hydrogen-bond acceptors (Lipinski definition) is 2. The Balaban J connectivity index is 2.42. The van der Waals surface area contributed by atoms with Crippen molar-refractivity contribution in [2.24, 2.45) is 0 Å². The average molecular weight is 287 g/mol. The van der Waals surface area contributed by atoms with Crippen LogP contribution in [0.5, 0.6) is 5.75 Å². The van der Waals surface area contributed by atoms with Gasteiger partial charge in [0.2, 0.25) is 0 Å². The van der Waals surface area contributed by atoms with E-state index in [9.17, 15) is 4.79 Å². The molecule has 0 radical (unpaired) electrons. The highest BCUT2D eigenvalue weighted by molar-refractivity contribution is 6.35. The fraction of sp³-hybridized carbons (Fsp3) is 0.0625. The molecule has 0 spiro atoms. The zero-order valence-electron chi connectivity index (χ0n) is 10.7. The second-order valence-electron chi connectivity index (χ2n) is 4.44. The zero-order chi connectivity index (χ0) is 14.3. The monoisotopic (exact) mass is 286 g/mol. The second kappa shape index (κ2) is 4.69. The molecule has 0 heterocycles. The van der Waals surface area contributed by atoms with Crippen molar-refractivity contribution in [2.75, 3.05) is 7.11 Å². The quantitative estimate of drug-likeness (QED) is 0.728. The van der Waals surface area contributed by atoms with E-state index in [1.54, 1.807) is 13.2 Å². The number of rotatable bonds is 2. The summed E-state index contributed by atoms with van der Waals surface area (Å²) in [6.07, 6.45) is 1.21. The summed E-state index contributed by atoms with van der Waals surface area (Å²) in [4.78, 5) is 11.1. The van der Waals surface area contributed by atoms with E-state index in [2.05, 4.69) is 0 Å². The smallest absolute Gasteiger partial charge is 0.328 e. The van der Waals surface area contributed by atoms with Crippen LogP contribution >= 0.6 is 11.6 Å². The second-order valence-corrected chi connectivity index (χ2v) is 4.85. The minimum atomic E-state index is -0.985. The van der Waals surface area contributed by atoms with Crippen molar-refractivity contribution in [2.45, 2.75) is 0 Å². The van der Waals surface area contributed by atoms with Crippen LogP contribution in [0, 0.1) is 0 Å². The lowest BCUT2D eigenvalue weighted by Gasteiger charge is -2.08. The Kier molecular flexibility index (Phi) is 2.99. The molecule has 0 amide bonds. The van der Waals surface area contributed by atoms with Gasteiger partial charge < -0.3 is 9.84 Å². The zero-order valence-corrected chi connectivity index (χ0v) is 11.4. The van der Waals surface area contributed by atoms with E-state index in [1.807, 2.05) is 30.3 Å². The molecule has 100 valence electrons. The van der Waals surface area contributed by atoms with Gasteiger partial charge in [-0.2, -0.15) is 0 Å². The van der Waals surface area contributed by atoms with Crippen molar-refractivity contribution >= 4 is 23.1 Å². The number of halogens is 1. The molecule has 0 unspecified atom stereocenters. The molecule has 4 heteroatoms. The average Bonchev–Trinajstić information content (AvgIpc) is 2.74. The van der Waals surface area contributed by atoms with Gasteiger partial charge in [0.1, 0.15) is 5.75 Å². The molecule has 1 N–H and O–H groups in total. The number of ether oxygens (including phenoxy) is 1. The number of fused-ring (bicyclic) bond motifs is 3. The van der Waals surface area contributed by atoms with Crippen molar-refractivity contribution < 1.29 is 14.6 Å². The summed E-state index contributed by atoms with van der Waals surface area (Å²) < 4.78 is 5.39. The van der Waals surface area contributed by atoms with Crippen molar-refractivity contribution in [1.82, 2.24) is 0 Å². The van der Waals surface area contributed by atoms with Gasteiger partial charge in [-0.05, 0) is 28.8 Å². The van der Waals surface area contributed by atoms with Crippen LogP contribution in [-0.2, 0) is 4.79 Å². The van der Waals surface area contributed by atoms with E-state index in [0.717, 1.165) is 22.3 Å². The molecule has 0 atom stereocenters. The summed E-state index contributed by atoms with van der Waals surface area (Å²) in [6, 6.07) is 11.0. The van der Waals surface area contributed by atoms with Gasteiger partial charge in [0.15, 0.2) is 0 Å². The Bertz CT molecular complexity index is 747. The summed E-state index contributed by atoms with van der Waals surface area (Å²) in [5.41, 5.74) is 3.98. The molecule has 0 aliphatic heterocycles. The topological polar surface area (TPSA) is 46.5 Å². The van der Waals surface area contributed by atoms with Crippen LogP contribution in [-0.4, -0.2) is 18.2 Å². The standard InChI is InChI=1S/C16H11ClO3/c1-20-13-7-3-5-10-11(8-14(18)19)9-4-2-6-12(17)15(9)16(10)13/h2-8H,1H3,(H,18,19)/b11-8+. The van der Waals surface area contributed by atoms with Gasteiger partial charge >= 0.3 is 5.97 Å². The molecular formula is C16H11ClO3. The van der Waals surface area contributed by atoms with E-state index in [4.69, 9.17) is 21.4 Å². The molecule has 3 nitrogen and oxygen atoms in total. The van der Waals surface area contributed by atoms with E-state index in [0.29, 0.717) is 16.3 Å². The lowest BCUT2D eigenvalue weighted by Crippen LogP contribution is -1.91. The van der Waals surface area contributed by atoms with Gasteiger partial charge in [0.05, 0.1) is 7.11 Å². The molecule has 2 aromatic rings. The third-order valence-corrected chi connectivity index (χ3v) is 3.67. The summed E-state index contributed by atoms with van der Waals surface area (Å²) >= 11 is 6.30. The van der Waals surface area contributed by atoms with Crippen LogP contribution in [0.1, 0.15) is 11.1 Å². The molecule has 0 aromatic heterocycles. The van der Waals surface area contributed by atoms with E-state index >= 15 is 0 Å². The summed E-state index contributed by atoms with van der Waals surface area (Å²) in [5, 5.41) is 9.67. The first kappa shape index (κ1) is 12.8. The number of hydrogen-bond donors (Lipinski definition) is 1. The molecule has 1 aliphatic rings. The maximum Gasteiger partial charge on any atom is 0.328 e. The Labute approximate surface area is 121 Å². The maximum atomic E-state index is 11.1. The van der Waals surface area contributed by atoms with Gasteiger partial charge in [-0.15, -0.1) is 0 Å². The fourth-order valence-electron chi connectivity index (χ4n) is 2.61. The minimum Gasteiger partial charge on any atom is -0.496 e. The number of carboxylic acids is 1. The van der Waals surface area contributed by atoms with E-state index in [-0.39, 0.29) is 0 Å². The minimum absolute atomic E-state index is 0.585. The van der Waals surface area contributed by atoms with Crippen molar-refractivity contribution in [3.8, 4) is 16.9 Å². The first-order valence-corrected chi connectivity index (χ1v) is 6.42. The van der Waals surface area contributed by atoms with Gasteiger partial charge in [-0.25, -0.2) is 4.79 Å². The third-order valence-electron chi connectivity index (χ3n) is 3.36. The third kappa shape index (κ3) is 1.79. The first-order valence-electron chi connectivity index (χ1n) is 6.04. The summed E-state index contributed by atoms with van der Waals surface area (Å²) in [6.45, 7) is 0. The number of aliphatic carboxylic acids is 1. The SMILES string of the molecule is COc1cccc2c1-c1c(Cl)cccc1/C2=C\C(=O)O. The predicted octanol–water partition coefficient (Wildman–Crippen LogP) is 3.85. The molecule has 20 heavy (non-hydrogen) atoms. The number of carboxylic acid groups (broad SMARTS) is 1. The van der Waals surface area contributed by atoms with E-state index < -0.39 is 5.97 Å². The Hall–Kier alpha value is -2.26. The maximum absolute atomic E-state index is 11.1. The van der Waals surface area contributed by atoms with Gasteiger partial charge in [0.25, 0.3) is 0 Å². The molecular weight excluding hydrogens is 276 g/mol. The lowest BCUT2D eigenvalue weighted by atomic mass is 10.0. The number of methoxy groups -OCH3 is 1. The fourth-order valence-corrected chi connectivity index (χ4v) is 2.88. The lowest BCUT2D eigenvalue weighted by molar-refractivity contribution is -0.131. The van der Waals surface area contributed by atoms with Crippen LogP contribution in [0.4, 0.5) is 0 Å². The first-order chi connectivity index (χ1) is 9.63. The number of carbonyl (C=O) groups is 1. The van der Waals surface area contributed by atoms with Crippen molar-refractivity contribution in [3.05, 3.63) is 58.6 Å². The Morgan fingerprint density at radius 3 is 2.45 bits per heavy atom. The highest BCUT2D eigenvalue weighted by Gasteiger charge is 2.28. The van der Waals surface area contributed by atoms with Crippen LogP contribution in [0.2, 0.25) is 5.02 Å². The highest BCUT2D eigenvalue weighted by Crippen LogP contribution is 2.51.